The van der Waals surface area contributed by atoms with Gasteiger partial charge in [-0.2, -0.15) is 0 Å². The van der Waals surface area contributed by atoms with Crippen LogP contribution in [-0.4, -0.2) is 40.1 Å². The molecule has 1 aliphatic heterocycles. The molecule has 1 unspecified atom stereocenters. The fraction of sp³-hybridized carbons (Fsp3) is 0.217. The number of halogens is 1. The number of benzene rings is 2. The second kappa shape index (κ2) is 8.82. The van der Waals surface area contributed by atoms with Gasteiger partial charge in [-0.05, 0) is 37.1 Å². The van der Waals surface area contributed by atoms with Crippen molar-refractivity contribution in [3.05, 3.63) is 70.3 Å². The maximum absolute atomic E-state index is 13.5. The van der Waals surface area contributed by atoms with E-state index >= 15 is 0 Å². The van der Waals surface area contributed by atoms with Crippen molar-refractivity contribution in [3.8, 4) is 11.3 Å². The number of aromatic nitrogens is 3. The maximum Gasteiger partial charge on any atom is 0.280 e. The molecular weight excluding hydrogens is 476 g/mol. The molecule has 8 heteroatoms. The van der Waals surface area contributed by atoms with E-state index in [0.717, 1.165) is 40.7 Å². The van der Waals surface area contributed by atoms with Crippen LogP contribution in [0.15, 0.2) is 64.6 Å². The lowest BCUT2D eigenvalue weighted by Crippen LogP contribution is -2.38. The lowest BCUT2D eigenvalue weighted by molar-refractivity contribution is 0.0913. The largest absolute Gasteiger partial charge is 0.376 e. The summed E-state index contributed by atoms with van der Waals surface area (Å²) in [6, 6.07) is 15.5. The molecule has 0 aliphatic carbocycles. The van der Waals surface area contributed by atoms with Crippen LogP contribution in [0.2, 0.25) is 0 Å². The first-order valence-electron chi connectivity index (χ1n) is 10.0. The van der Waals surface area contributed by atoms with Gasteiger partial charge in [0.15, 0.2) is 5.13 Å². The molecule has 0 bridgehead atoms. The quantitative estimate of drug-likeness (QED) is 0.374. The number of thiazole rings is 1. The third kappa shape index (κ3) is 4.37. The molecule has 0 radical (unpaired) electrons. The maximum atomic E-state index is 13.5. The lowest BCUT2D eigenvalue weighted by atomic mass is 10.2. The molecule has 2 aromatic heterocycles. The monoisotopic (exact) mass is 494 g/mol. The van der Waals surface area contributed by atoms with Crippen LogP contribution >= 0.6 is 27.3 Å². The molecule has 3 heterocycles. The Morgan fingerprint density at radius 1 is 1.13 bits per heavy atom. The number of carbonyl (C=O) groups is 1. The van der Waals surface area contributed by atoms with E-state index in [9.17, 15) is 4.79 Å². The average molecular weight is 495 g/mol. The molecule has 5 rings (SSSR count). The summed E-state index contributed by atoms with van der Waals surface area (Å²) < 4.78 is 6.82. The average Bonchev–Trinajstić information content (AvgIpc) is 3.49. The standard InChI is InChI=1S/C23H19BrN4O2S/c24-16-9-7-15(8-10-16)21-14-31-23(27-21)28(13-17-4-3-11-30-17)22(29)20-12-25-18-5-1-2-6-19(18)26-20/h1-2,5-10,12,14,17H,3-4,11,13H2. The highest BCUT2D eigenvalue weighted by Crippen LogP contribution is 2.30. The summed E-state index contributed by atoms with van der Waals surface area (Å²) in [4.78, 5) is 28.9. The number of nitrogens with zero attached hydrogens (tertiary/aromatic N) is 4. The van der Waals surface area contributed by atoms with Gasteiger partial charge in [0.1, 0.15) is 5.69 Å². The zero-order valence-electron chi connectivity index (χ0n) is 16.6. The second-order valence-corrected chi connectivity index (χ2v) is 9.07. The molecule has 31 heavy (non-hydrogen) atoms. The molecule has 0 spiro atoms. The molecule has 1 atom stereocenters. The summed E-state index contributed by atoms with van der Waals surface area (Å²) in [5.74, 6) is -0.217. The van der Waals surface area contributed by atoms with Crippen molar-refractivity contribution in [2.24, 2.45) is 0 Å². The molecule has 4 aromatic rings. The number of amides is 1. The first-order chi connectivity index (χ1) is 15.2. The van der Waals surface area contributed by atoms with Crippen LogP contribution in [-0.2, 0) is 4.74 Å². The van der Waals surface area contributed by atoms with Crippen molar-refractivity contribution in [1.29, 1.82) is 0 Å². The Morgan fingerprint density at radius 2 is 1.94 bits per heavy atom. The van der Waals surface area contributed by atoms with E-state index in [4.69, 9.17) is 9.72 Å². The van der Waals surface area contributed by atoms with E-state index in [2.05, 4.69) is 25.9 Å². The minimum atomic E-state index is -0.217. The van der Waals surface area contributed by atoms with Gasteiger partial charge in [0.2, 0.25) is 0 Å². The summed E-state index contributed by atoms with van der Waals surface area (Å²) >= 11 is 4.91. The normalized spacial score (nSPS) is 16.0. The number of rotatable bonds is 5. The van der Waals surface area contributed by atoms with Gasteiger partial charge in [-0.25, -0.2) is 9.97 Å². The summed E-state index contributed by atoms with van der Waals surface area (Å²) in [5, 5.41) is 2.61. The van der Waals surface area contributed by atoms with Gasteiger partial charge >= 0.3 is 0 Å². The SMILES string of the molecule is O=C(c1cnc2ccccc2n1)N(CC1CCCO1)c1nc(-c2ccc(Br)cc2)cs1. The van der Waals surface area contributed by atoms with Crippen molar-refractivity contribution < 1.29 is 9.53 Å². The Morgan fingerprint density at radius 3 is 2.71 bits per heavy atom. The molecule has 0 saturated carbocycles. The first-order valence-corrected chi connectivity index (χ1v) is 11.7. The summed E-state index contributed by atoms with van der Waals surface area (Å²) in [6.07, 6.45) is 3.47. The van der Waals surface area contributed by atoms with Crippen LogP contribution in [0.1, 0.15) is 23.3 Å². The van der Waals surface area contributed by atoms with Crippen molar-refractivity contribution in [1.82, 2.24) is 15.0 Å². The number of para-hydroxylation sites is 2. The minimum Gasteiger partial charge on any atom is -0.376 e. The van der Waals surface area contributed by atoms with Crippen LogP contribution in [0.4, 0.5) is 5.13 Å². The predicted octanol–water partition coefficient (Wildman–Crippen LogP) is 5.34. The fourth-order valence-electron chi connectivity index (χ4n) is 3.58. The van der Waals surface area contributed by atoms with E-state index in [-0.39, 0.29) is 12.0 Å². The van der Waals surface area contributed by atoms with Gasteiger partial charge in [-0.3, -0.25) is 14.7 Å². The van der Waals surface area contributed by atoms with E-state index in [1.165, 1.54) is 17.5 Å². The summed E-state index contributed by atoms with van der Waals surface area (Å²) in [7, 11) is 0. The highest BCUT2D eigenvalue weighted by Gasteiger charge is 2.28. The van der Waals surface area contributed by atoms with Gasteiger partial charge in [0, 0.05) is 22.0 Å². The topological polar surface area (TPSA) is 68.2 Å². The number of carbonyl (C=O) groups excluding carboxylic acids is 1. The van der Waals surface area contributed by atoms with E-state index in [1.54, 1.807) is 4.90 Å². The van der Waals surface area contributed by atoms with Crippen molar-refractivity contribution in [2.75, 3.05) is 18.1 Å². The molecule has 2 aromatic carbocycles. The molecule has 1 saturated heterocycles. The van der Waals surface area contributed by atoms with Gasteiger partial charge in [-0.15, -0.1) is 11.3 Å². The van der Waals surface area contributed by atoms with Crippen LogP contribution in [0.5, 0.6) is 0 Å². The van der Waals surface area contributed by atoms with Gasteiger partial charge < -0.3 is 4.74 Å². The third-order valence-corrected chi connectivity index (χ3v) is 6.58. The van der Waals surface area contributed by atoms with Crippen LogP contribution < -0.4 is 4.90 Å². The van der Waals surface area contributed by atoms with Crippen LogP contribution in [0, 0.1) is 0 Å². The van der Waals surface area contributed by atoms with E-state index < -0.39 is 0 Å². The Bertz CT molecular complexity index is 1220. The Hall–Kier alpha value is -2.68. The molecular formula is C23H19BrN4O2S. The molecule has 1 fully saturated rings. The summed E-state index contributed by atoms with van der Waals surface area (Å²) in [6.45, 7) is 1.17. The van der Waals surface area contributed by atoms with Crippen molar-refractivity contribution in [3.63, 3.8) is 0 Å². The fourth-order valence-corrected chi connectivity index (χ4v) is 4.69. The zero-order valence-corrected chi connectivity index (χ0v) is 19.0. The third-order valence-electron chi connectivity index (χ3n) is 5.19. The Balaban J connectivity index is 1.48. The number of hydrogen-bond donors (Lipinski definition) is 0. The molecule has 1 amide bonds. The van der Waals surface area contributed by atoms with Crippen LogP contribution in [0.25, 0.3) is 22.3 Å². The Kier molecular flexibility index (Phi) is 5.76. The lowest BCUT2D eigenvalue weighted by Gasteiger charge is -2.22. The number of anilines is 1. The van der Waals surface area contributed by atoms with Crippen molar-refractivity contribution >= 4 is 49.3 Å². The summed E-state index contributed by atoms with van der Waals surface area (Å²) in [5.41, 5.74) is 3.59. The minimum absolute atomic E-state index is 0.00241. The smallest absolute Gasteiger partial charge is 0.280 e. The first kappa shape index (κ1) is 20.2. The van der Waals surface area contributed by atoms with Gasteiger partial charge in [-0.1, -0.05) is 40.2 Å². The molecule has 6 nitrogen and oxygen atoms in total. The zero-order chi connectivity index (χ0) is 21.2. The van der Waals surface area contributed by atoms with Gasteiger partial charge in [0.25, 0.3) is 5.91 Å². The van der Waals surface area contributed by atoms with Gasteiger partial charge in [0.05, 0.1) is 35.6 Å². The number of fused-ring (bicyclic) bond motifs is 1. The van der Waals surface area contributed by atoms with Crippen molar-refractivity contribution in [2.45, 2.75) is 18.9 Å². The molecule has 0 N–H and O–H groups in total. The molecule has 1 aliphatic rings. The Labute approximate surface area is 192 Å². The van der Waals surface area contributed by atoms with E-state index in [1.807, 2.05) is 53.9 Å². The highest BCUT2D eigenvalue weighted by molar-refractivity contribution is 9.10. The van der Waals surface area contributed by atoms with E-state index in [0.29, 0.717) is 22.9 Å². The predicted molar refractivity (Wildman–Crippen MR) is 125 cm³/mol. The second-order valence-electron chi connectivity index (χ2n) is 7.32. The molecule has 156 valence electrons. The number of ether oxygens (including phenoxy) is 1. The highest BCUT2D eigenvalue weighted by atomic mass is 79.9. The number of hydrogen-bond acceptors (Lipinski definition) is 6. The van der Waals surface area contributed by atoms with Crippen LogP contribution in [0.3, 0.4) is 0 Å².